The maximum Gasteiger partial charge on any atom is 0.418 e. The molecule has 2 N–H and O–H groups in total. The minimum absolute atomic E-state index is 0.0839. The van der Waals surface area contributed by atoms with Gasteiger partial charge in [-0.2, -0.15) is 13.2 Å². The first-order chi connectivity index (χ1) is 13.6. The predicted octanol–water partition coefficient (Wildman–Crippen LogP) is 6.17. The molecule has 0 radical (unpaired) electrons. The van der Waals surface area contributed by atoms with Gasteiger partial charge in [-0.25, -0.2) is 4.39 Å². The van der Waals surface area contributed by atoms with Crippen molar-refractivity contribution < 1.29 is 27.2 Å². The number of thiophene rings is 1. The number of hydrogen-bond donors (Lipinski definition) is 2. The number of halogens is 5. The Morgan fingerprint density at radius 3 is 2.17 bits per heavy atom. The minimum Gasteiger partial charge on any atom is -0.322 e. The quantitative estimate of drug-likeness (QED) is 0.433. The van der Waals surface area contributed by atoms with E-state index in [0.29, 0.717) is 3.79 Å². The van der Waals surface area contributed by atoms with E-state index in [9.17, 15) is 27.2 Å². The highest BCUT2D eigenvalue weighted by molar-refractivity contribution is 9.11. The van der Waals surface area contributed by atoms with Gasteiger partial charge in [-0.3, -0.25) is 9.59 Å². The van der Waals surface area contributed by atoms with Gasteiger partial charge in [0.15, 0.2) is 0 Å². The first kappa shape index (κ1) is 21.0. The molecular weight excluding hydrogens is 476 g/mol. The van der Waals surface area contributed by atoms with E-state index in [1.807, 2.05) is 0 Å². The van der Waals surface area contributed by atoms with Crippen molar-refractivity contribution in [2.75, 3.05) is 10.6 Å². The van der Waals surface area contributed by atoms with Crippen LogP contribution in [0.3, 0.4) is 0 Å². The van der Waals surface area contributed by atoms with Gasteiger partial charge in [0, 0.05) is 11.3 Å². The molecule has 10 heteroatoms. The van der Waals surface area contributed by atoms with Crippen LogP contribution in [0, 0.1) is 5.82 Å². The zero-order chi connectivity index (χ0) is 21.2. The van der Waals surface area contributed by atoms with Gasteiger partial charge >= 0.3 is 6.18 Å². The van der Waals surface area contributed by atoms with E-state index in [1.54, 1.807) is 6.07 Å². The molecule has 1 aromatic heterocycles. The van der Waals surface area contributed by atoms with Crippen molar-refractivity contribution in [1.82, 2.24) is 0 Å². The van der Waals surface area contributed by atoms with E-state index in [0.717, 1.165) is 35.6 Å². The molecular formula is C19H11BrF4N2O2S. The van der Waals surface area contributed by atoms with Crippen LogP contribution in [0.2, 0.25) is 0 Å². The lowest BCUT2D eigenvalue weighted by molar-refractivity contribution is -0.136. The molecule has 150 valence electrons. The van der Waals surface area contributed by atoms with Crippen molar-refractivity contribution in [1.29, 1.82) is 0 Å². The second-order valence-electron chi connectivity index (χ2n) is 5.78. The van der Waals surface area contributed by atoms with Crippen LogP contribution in [-0.4, -0.2) is 11.8 Å². The lowest BCUT2D eigenvalue weighted by Gasteiger charge is -2.15. The molecule has 3 aromatic rings. The average Bonchev–Trinajstić information content (AvgIpc) is 3.09. The highest BCUT2D eigenvalue weighted by atomic mass is 79.9. The Balaban J connectivity index is 1.85. The molecule has 2 aromatic carbocycles. The van der Waals surface area contributed by atoms with Gasteiger partial charge in [0.1, 0.15) is 5.82 Å². The highest BCUT2D eigenvalue weighted by Crippen LogP contribution is 2.37. The number of carbonyl (C=O) groups is 2. The Bertz CT molecular complexity index is 1060. The molecule has 0 bridgehead atoms. The van der Waals surface area contributed by atoms with Crippen molar-refractivity contribution in [3.63, 3.8) is 0 Å². The topological polar surface area (TPSA) is 58.2 Å². The van der Waals surface area contributed by atoms with Gasteiger partial charge < -0.3 is 10.6 Å². The van der Waals surface area contributed by atoms with E-state index < -0.39 is 35.1 Å². The number of anilines is 2. The maximum atomic E-state index is 13.5. The summed E-state index contributed by atoms with van der Waals surface area (Å²) in [7, 11) is 0. The predicted molar refractivity (Wildman–Crippen MR) is 106 cm³/mol. The van der Waals surface area contributed by atoms with E-state index >= 15 is 0 Å². The molecule has 0 unspecified atom stereocenters. The highest BCUT2D eigenvalue weighted by Gasteiger charge is 2.34. The number of hydrogen-bond acceptors (Lipinski definition) is 3. The van der Waals surface area contributed by atoms with Crippen LogP contribution in [0.15, 0.2) is 58.4 Å². The largest absolute Gasteiger partial charge is 0.418 e. The third-order valence-corrected chi connectivity index (χ3v) is 5.36. The zero-order valence-corrected chi connectivity index (χ0v) is 16.7. The fraction of sp³-hybridized carbons (Fsp3) is 0.0526. The van der Waals surface area contributed by atoms with Gasteiger partial charge in [0.05, 0.1) is 19.9 Å². The molecule has 29 heavy (non-hydrogen) atoms. The Morgan fingerprint density at radius 1 is 0.897 bits per heavy atom. The normalized spacial score (nSPS) is 11.2. The molecule has 0 saturated carbocycles. The molecule has 0 aliphatic heterocycles. The molecule has 0 aliphatic rings. The Kier molecular flexibility index (Phi) is 6.04. The molecule has 4 nitrogen and oxygen atoms in total. The second kappa shape index (κ2) is 8.34. The third kappa shape index (κ3) is 5.21. The van der Waals surface area contributed by atoms with E-state index in [1.165, 1.54) is 24.3 Å². The fourth-order valence-corrected chi connectivity index (χ4v) is 3.67. The molecule has 2 amide bonds. The Hall–Kier alpha value is -2.72. The lowest BCUT2D eigenvalue weighted by atomic mass is 10.1. The molecule has 3 rings (SSSR count). The van der Waals surface area contributed by atoms with E-state index in [2.05, 4.69) is 26.6 Å². The summed E-state index contributed by atoms with van der Waals surface area (Å²) in [6.45, 7) is 0. The average molecular weight is 487 g/mol. The first-order valence-corrected chi connectivity index (χ1v) is 9.59. The zero-order valence-electron chi connectivity index (χ0n) is 14.3. The molecule has 1 heterocycles. The summed E-state index contributed by atoms with van der Waals surface area (Å²) >= 11 is 4.26. The number of rotatable bonds is 4. The van der Waals surface area contributed by atoms with Gasteiger partial charge in [-0.05, 0) is 70.5 Å². The third-order valence-electron chi connectivity index (χ3n) is 3.73. The fourth-order valence-electron chi connectivity index (χ4n) is 2.39. The number of carbonyl (C=O) groups excluding carboxylic acids is 2. The molecule has 0 aliphatic carbocycles. The van der Waals surface area contributed by atoms with Crippen LogP contribution in [0.4, 0.5) is 28.9 Å². The van der Waals surface area contributed by atoms with Crippen molar-refractivity contribution >= 4 is 50.5 Å². The summed E-state index contributed by atoms with van der Waals surface area (Å²) in [6.07, 6.45) is -4.77. The van der Waals surface area contributed by atoms with E-state index in [4.69, 9.17) is 0 Å². The van der Waals surface area contributed by atoms with Crippen molar-refractivity contribution in [3.05, 3.63) is 80.2 Å². The van der Waals surface area contributed by atoms with Crippen molar-refractivity contribution in [2.45, 2.75) is 6.18 Å². The first-order valence-electron chi connectivity index (χ1n) is 7.98. The second-order valence-corrected chi connectivity index (χ2v) is 8.24. The number of benzene rings is 2. The van der Waals surface area contributed by atoms with Crippen LogP contribution >= 0.6 is 27.3 Å². The molecule has 0 saturated heterocycles. The summed E-state index contributed by atoms with van der Waals surface area (Å²) < 4.78 is 54.0. The van der Waals surface area contributed by atoms with E-state index in [-0.39, 0.29) is 16.1 Å². The van der Waals surface area contributed by atoms with Crippen molar-refractivity contribution in [3.8, 4) is 0 Å². The van der Waals surface area contributed by atoms with Gasteiger partial charge in [0.2, 0.25) is 0 Å². The number of alkyl halides is 3. The minimum atomic E-state index is -4.77. The maximum absolute atomic E-state index is 13.5. The summed E-state index contributed by atoms with van der Waals surface area (Å²) in [4.78, 5) is 24.6. The number of nitrogens with one attached hydrogen (secondary N) is 2. The standard InChI is InChI=1S/C19H11BrF4N2O2S/c20-16-8-7-15(29-16)18(28)26-14-6-5-12(9-13(14)19(22,23)24)25-17(27)10-1-3-11(21)4-2-10/h1-9H,(H,25,27)(H,26,28). The Labute approximate surface area is 174 Å². The Morgan fingerprint density at radius 2 is 1.59 bits per heavy atom. The molecule has 0 spiro atoms. The van der Waals surface area contributed by atoms with Crippen LogP contribution in [0.5, 0.6) is 0 Å². The van der Waals surface area contributed by atoms with Crippen LogP contribution in [0.25, 0.3) is 0 Å². The number of amides is 2. The SMILES string of the molecule is O=C(Nc1ccc(NC(=O)c2ccc(Br)s2)c(C(F)(F)F)c1)c1ccc(F)cc1. The smallest absolute Gasteiger partial charge is 0.322 e. The summed E-state index contributed by atoms with van der Waals surface area (Å²) in [6, 6.07) is 10.7. The lowest BCUT2D eigenvalue weighted by Crippen LogP contribution is -2.17. The van der Waals surface area contributed by atoms with Crippen LogP contribution in [-0.2, 0) is 6.18 Å². The van der Waals surface area contributed by atoms with Crippen LogP contribution in [0.1, 0.15) is 25.6 Å². The van der Waals surface area contributed by atoms with Gasteiger partial charge in [-0.1, -0.05) is 0 Å². The summed E-state index contributed by atoms with van der Waals surface area (Å²) in [5.41, 5.74) is -1.59. The van der Waals surface area contributed by atoms with Crippen molar-refractivity contribution in [2.24, 2.45) is 0 Å². The van der Waals surface area contributed by atoms with Gasteiger partial charge in [0.25, 0.3) is 11.8 Å². The monoisotopic (exact) mass is 486 g/mol. The summed E-state index contributed by atoms with van der Waals surface area (Å²) in [5, 5.41) is 4.57. The molecule has 0 fully saturated rings. The molecule has 0 atom stereocenters. The van der Waals surface area contributed by atoms with Crippen LogP contribution < -0.4 is 10.6 Å². The summed E-state index contributed by atoms with van der Waals surface area (Å²) in [5.74, 6) is -1.92. The van der Waals surface area contributed by atoms with Gasteiger partial charge in [-0.15, -0.1) is 11.3 Å².